The fourth-order valence-corrected chi connectivity index (χ4v) is 2.82. The predicted molar refractivity (Wildman–Crippen MR) is 98.6 cm³/mol. The average molecular weight is 373 g/mol. The molecule has 0 saturated heterocycles. The number of esters is 2. The van der Waals surface area contributed by atoms with Crippen LogP contribution in [0.4, 0.5) is 0 Å². The summed E-state index contributed by atoms with van der Waals surface area (Å²) >= 11 is 0. The lowest BCUT2D eigenvalue weighted by atomic mass is 10.1. The Morgan fingerprint density at radius 3 is 2.26 bits per heavy atom. The average Bonchev–Trinajstić information content (AvgIpc) is 2.94. The number of aromatic amines is 1. The molecule has 0 spiro atoms. The van der Waals surface area contributed by atoms with Crippen molar-refractivity contribution >= 4 is 17.7 Å². The summed E-state index contributed by atoms with van der Waals surface area (Å²) in [7, 11) is 1.51. The zero-order valence-electron chi connectivity index (χ0n) is 16.1. The van der Waals surface area contributed by atoms with E-state index >= 15 is 0 Å². The summed E-state index contributed by atoms with van der Waals surface area (Å²) in [5.41, 5.74) is 2.56. The summed E-state index contributed by atoms with van der Waals surface area (Å²) in [6.07, 6.45) is 0. The zero-order valence-corrected chi connectivity index (χ0v) is 16.1. The monoisotopic (exact) mass is 373 g/mol. The minimum atomic E-state index is -0.649. The second kappa shape index (κ2) is 8.53. The van der Waals surface area contributed by atoms with Crippen molar-refractivity contribution in [1.29, 1.82) is 0 Å². The Balaban J connectivity index is 2.16. The zero-order chi connectivity index (χ0) is 20.1. The van der Waals surface area contributed by atoms with E-state index in [2.05, 4.69) is 4.98 Å². The van der Waals surface area contributed by atoms with Gasteiger partial charge in [-0.2, -0.15) is 0 Å². The largest absolute Gasteiger partial charge is 0.496 e. The minimum Gasteiger partial charge on any atom is -0.496 e. The first kappa shape index (κ1) is 20.2. The number of ketones is 1. The van der Waals surface area contributed by atoms with Crippen LogP contribution in [-0.4, -0.2) is 43.0 Å². The Morgan fingerprint density at radius 2 is 1.63 bits per heavy atom. The summed E-state index contributed by atoms with van der Waals surface area (Å²) in [6, 6.07) is 4.88. The summed E-state index contributed by atoms with van der Waals surface area (Å²) in [4.78, 5) is 39.9. The predicted octanol–water partition coefficient (Wildman–Crippen LogP) is 3.16. The van der Waals surface area contributed by atoms with Crippen molar-refractivity contribution in [2.45, 2.75) is 27.7 Å². The standard InChI is InChI=1S/C20H23NO6/c1-6-26-20(24)18-13(4)21-12(3)17(18)15(22)10-27-19(23)14-8-7-11(2)16(9-14)25-5/h7-9,21H,6,10H2,1-5H3. The first-order chi connectivity index (χ1) is 12.8. The maximum Gasteiger partial charge on any atom is 0.340 e. The van der Waals surface area contributed by atoms with Gasteiger partial charge in [0, 0.05) is 11.4 Å². The van der Waals surface area contributed by atoms with E-state index in [1.807, 2.05) is 6.92 Å². The van der Waals surface area contributed by atoms with E-state index in [-0.39, 0.29) is 23.3 Å². The van der Waals surface area contributed by atoms with E-state index in [0.717, 1.165) is 5.56 Å². The first-order valence-electron chi connectivity index (χ1n) is 8.51. The maximum atomic E-state index is 12.6. The number of aromatic nitrogens is 1. The second-order valence-corrected chi connectivity index (χ2v) is 6.03. The third-order valence-corrected chi connectivity index (χ3v) is 4.11. The van der Waals surface area contributed by atoms with Crippen LogP contribution in [-0.2, 0) is 9.47 Å². The van der Waals surface area contributed by atoms with Crippen LogP contribution in [0.15, 0.2) is 18.2 Å². The van der Waals surface area contributed by atoms with Crippen molar-refractivity contribution in [1.82, 2.24) is 4.98 Å². The van der Waals surface area contributed by atoms with Crippen molar-refractivity contribution in [3.8, 4) is 5.75 Å². The highest BCUT2D eigenvalue weighted by Gasteiger charge is 2.26. The van der Waals surface area contributed by atoms with Gasteiger partial charge in [0.15, 0.2) is 6.61 Å². The van der Waals surface area contributed by atoms with Gasteiger partial charge >= 0.3 is 11.9 Å². The number of H-pyrrole nitrogens is 1. The molecular weight excluding hydrogens is 350 g/mol. The molecule has 1 heterocycles. The number of hydrogen-bond acceptors (Lipinski definition) is 6. The van der Waals surface area contributed by atoms with Crippen LogP contribution in [0.25, 0.3) is 0 Å². The molecule has 0 unspecified atom stereocenters. The summed E-state index contributed by atoms with van der Waals surface area (Å²) in [6.45, 7) is 6.60. The van der Waals surface area contributed by atoms with Gasteiger partial charge < -0.3 is 19.2 Å². The lowest BCUT2D eigenvalue weighted by Gasteiger charge is -2.09. The molecule has 0 atom stereocenters. The Hall–Kier alpha value is -3.09. The van der Waals surface area contributed by atoms with Crippen LogP contribution in [0.3, 0.4) is 0 Å². The molecule has 0 fully saturated rings. The number of Topliss-reactive ketones (excluding diaryl/α,β-unsaturated/α-hetero) is 1. The number of hydrogen-bond donors (Lipinski definition) is 1. The van der Waals surface area contributed by atoms with Gasteiger partial charge in [-0.3, -0.25) is 4.79 Å². The van der Waals surface area contributed by atoms with Crippen LogP contribution in [0.5, 0.6) is 5.75 Å². The molecule has 0 aliphatic carbocycles. The molecule has 0 aliphatic heterocycles. The van der Waals surface area contributed by atoms with Crippen LogP contribution < -0.4 is 4.74 Å². The van der Waals surface area contributed by atoms with Gasteiger partial charge in [0.25, 0.3) is 0 Å². The molecule has 144 valence electrons. The number of ether oxygens (including phenoxy) is 3. The summed E-state index contributed by atoms with van der Waals surface area (Å²) < 4.78 is 15.3. The highest BCUT2D eigenvalue weighted by molar-refractivity contribution is 6.09. The third kappa shape index (κ3) is 4.36. The molecule has 0 radical (unpaired) electrons. The topological polar surface area (TPSA) is 94.7 Å². The molecule has 0 saturated carbocycles. The van der Waals surface area contributed by atoms with Gasteiger partial charge in [0.2, 0.25) is 5.78 Å². The summed E-state index contributed by atoms with van der Waals surface area (Å²) in [5.74, 6) is -1.16. The number of nitrogens with one attached hydrogen (secondary N) is 1. The lowest BCUT2D eigenvalue weighted by Crippen LogP contribution is -2.18. The summed E-state index contributed by atoms with van der Waals surface area (Å²) in [5, 5.41) is 0. The SMILES string of the molecule is CCOC(=O)c1c(C)[nH]c(C)c1C(=O)COC(=O)c1ccc(C)c(OC)c1. The maximum absolute atomic E-state index is 12.6. The van der Waals surface area contributed by atoms with Gasteiger partial charge in [-0.05, 0) is 45.4 Å². The van der Waals surface area contributed by atoms with Crippen LogP contribution in [0.1, 0.15) is 54.9 Å². The molecule has 7 nitrogen and oxygen atoms in total. The van der Waals surface area contributed by atoms with E-state index in [9.17, 15) is 14.4 Å². The van der Waals surface area contributed by atoms with E-state index in [0.29, 0.717) is 17.1 Å². The number of carbonyl (C=O) groups excluding carboxylic acids is 3. The second-order valence-electron chi connectivity index (χ2n) is 6.03. The normalized spacial score (nSPS) is 10.4. The molecule has 1 aromatic carbocycles. The molecule has 7 heteroatoms. The number of benzene rings is 1. The number of methoxy groups -OCH3 is 1. The fraction of sp³-hybridized carbons (Fsp3) is 0.350. The van der Waals surface area contributed by atoms with Crippen LogP contribution in [0, 0.1) is 20.8 Å². The third-order valence-electron chi connectivity index (χ3n) is 4.11. The van der Waals surface area contributed by atoms with Gasteiger partial charge in [0.1, 0.15) is 5.75 Å². The minimum absolute atomic E-state index is 0.174. The molecule has 0 amide bonds. The highest BCUT2D eigenvalue weighted by Crippen LogP contribution is 2.22. The highest BCUT2D eigenvalue weighted by atomic mass is 16.5. The Kier molecular flexibility index (Phi) is 6.39. The smallest absolute Gasteiger partial charge is 0.340 e. The van der Waals surface area contributed by atoms with Gasteiger partial charge in [0.05, 0.1) is 30.4 Å². The number of aryl methyl sites for hydroxylation is 3. The van der Waals surface area contributed by atoms with Crippen LogP contribution in [0.2, 0.25) is 0 Å². The Morgan fingerprint density at radius 1 is 0.963 bits per heavy atom. The van der Waals surface area contributed by atoms with E-state index in [1.165, 1.54) is 7.11 Å². The van der Waals surface area contributed by atoms with E-state index < -0.39 is 24.3 Å². The molecule has 0 bridgehead atoms. The lowest BCUT2D eigenvalue weighted by molar-refractivity contribution is 0.0471. The molecule has 1 N–H and O–H groups in total. The molecule has 2 rings (SSSR count). The number of rotatable bonds is 7. The van der Waals surface area contributed by atoms with E-state index in [1.54, 1.807) is 39.0 Å². The van der Waals surface area contributed by atoms with Gasteiger partial charge in [-0.1, -0.05) is 6.07 Å². The molecule has 2 aromatic rings. The van der Waals surface area contributed by atoms with Crippen molar-refractivity contribution < 1.29 is 28.6 Å². The number of carbonyl (C=O) groups is 3. The molecule has 1 aromatic heterocycles. The Bertz CT molecular complexity index is 881. The van der Waals surface area contributed by atoms with Crippen LogP contribution >= 0.6 is 0 Å². The Labute approximate surface area is 157 Å². The van der Waals surface area contributed by atoms with Crippen molar-refractivity contribution in [3.63, 3.8) is 0 Å². The van der Waals surface area contributed by atoms with Gasteiger partial charge in [-0.15, -0.1) is 0 Å². The van der Waals surface area contributed by atoms with Crippen molar-refractivity contribution in [2.75, 3.05) is 20.3 Å². The van der Waals surface area contributed by atoms with Gasteiger partial charge in [-0.25, -0.2) is 9.59 Å². The van der Waals surface area contributed by atoms with Crippen molar-refractivity contribution in [3.05, 3.63) is 51.8 Å². The van der Waals surface area contributed by atoms with E-state index in [4.69, 9.17) is 14.2 Å². The molecule has 27 heavy (non-hydrogen) atoms. The molecular formula is C20H23NO6. The van der Waals surface area contributed by atoms with Crippen molar-refractivity contribution in [2.24, 2.45) is 0 Å². The molecule has 0 aliphatic rings. The fourth-order valence-electron chi connectivity index (χ4n) is 2.82. The first-order valence-corrected chi connectivity index (χ1v) is 8.51. The quantitative estimate of drug-likeness (QED) is 0.592.